The van der Waals surface area contributed by atoms with E-state index in [4.69, 9.17) is 4.74 Å². The zero-order valence-corrected chi connectivity index (χ0v) is 21.5. The first-order chi connectivity index (χ1) is 14.5. The van der Waals surface area contributed by atoms with Crippen LogP contribution in [-0.4, -0.2) is 42.6 Å². The normalized spacial score (nSPS) is 13.3. The molecule has 0 atom stereocenters. The summed E-state index contributed by atoms with van der Waals surface area (Å²) < 4.78 is 5.55. The number of aromatic nitrogens is 1. The van der Waals surface area contributed by atoms with Crippen LogP contribution in [0.5, 0.6) is 5.75 Å². The minimum Gasteiger partial charge on any atom is -0.484 e. The second-order valence-electron chi connectivity index (χ2n) is 7.40. The lowest BCUT2D eigenvalue weighted by Crippen LogP contribution is -2.38. The van der Waals surface area contributed by atoms with Gasteiger partial charge in [0.15, 0.2) is 12.6 Å². The fraction of sp³-hybridized carbons (Fsp3) is 0.500. The Labute approximate surface area is 205 Å². The number of carbonyl (C=O) groups excluding carboxylic acids is 1. The van der Waals surface area contributed by atoms with Crippen LogP contribution < -0.4 is 20.7 Å². The number of amides is 1. The molecule has 3 rings (SSSR count). The van der Waals surface area contributed by atoms with E-state index in [1.165, 1.54) is 10.4 Å². The molecule has 1 fully saturated rings. The highest BCUT2D eigenvalue weighted by molar-refractivity contribution is 14.0. The van der Waals surface area contributed by atoms with Gasteiger partial charge in [-0.25, -0.2) is 9.98 Å². The fourth-order valence-electron chi connectivity index (χ4n) is 2.82. The van der Waals surface area contributed by atoms with E-state index in [0.29, 0.717) is 18.3 Å². The van der Waals surface area contributed by atoms with Gasteiger partial charge in [0, 0.05) is 24.0 Å². The molecular formula is C22H32IN5O2S. The molecule has 1 aliphatic carbocycles. The zero-order chi connectivity index (χ0) is 21.3. The number of hydrogen-bond acceptors (Lipinski definition) is 5. The lowest BCUT2D eigenvalue weighted by Gasteiger charge is -2.11. The number of hydrogen-bond donors (Lipinski definition) is 3. The van der Waals surface area contributed by atoms with E-state index in [9.17, 15) is 4.79 Å². The molecule has 170 valence electrons. The molecular weight excluding hydrogens is 525 g/mol. The van der Waals surface area contributed by atoms with Gasteiger partial charge in [-0.3, -0.25) is 4.79 Å². The number of nitrogens with one attached hydrogen (secondary N) is 3. The van der Waals surface area contributed by atoms with Crippen molar-refractivity contribution in [1.29, 1.82) is 0 Å². The van der Waals surface area contributed by atoms with E-state index in [1.54, 1.807) is 11.3 Å². The molecule has 2 aromatic rings. The van der Waals surface area contributed by atoms with E-state index in [1.807, 2.05) is 31.2 Å². The van der Waals surface area contributed by atoms with E-state index >= 15 is 0 Å². The number of rotatable bonds is 10. The van der Waals surface area contributed by atoms with Crippen LogP contribution in [0.4, 0.5) is 0 Å². The fourth-order valence-corrected chi connectivity index (χ4v) is 3.68. The summed E-state index contributed by atoms with van der Waals surface area (Å²) in [5, 5.41) is 10.6. The van der Waals surface area contributed by atoms with Crippen molar-refractivity contribution in [3.05, 3.63) is 45.4 Å². The predicted octanol–water partition coefficient (Wildman–Crippen LogP) is 3.33. The molecule has 3 N–H and O–H groups in total. The molecule has 9 heteroatoms. The third kappa shape index (κ3) is 9.02. The van der Waals surface area contributed by atoms with Gasteiger partial charge in [0.2, 0.25) is 0 Å². The van der Waals surface area contributed by atoms with Crippen LogP contribution >= 0.6 is 35.3 Å². The number of guanidine groups is 1. The molecule has 0 bridgehead atoms. The molecule has 0 unspecified atom stereocenters. The molecule has 0 spiro atoms. The van der Waals surface area contributed by atoms with Crippen LogP contribution in [0.25, 0.3) is 0 Å². The topological polar surface area (TPSA) is 87.6 Å². The summed E-state index contributed by atoms with van der Waals surface area (Å²) in [4.78, 5) is 22.1. The Morgan fingerprint density at radius 1 is 1.23 bits per heavy atom. The molecule has 1 heterocycles. The highest BCUT2D eigenvalue weighted by Gasteiger charge is 2.23. The number of thiazole rings is 1. The largest absolute Gasteiger partial charge is 0.484 e. The summed E-state index contributed by atoms with van der Waals surface area (Å²) in [5.41, 5.74) is 2.28. The monoisotopic (exact) mass is 557 g/mol. The maximum Gasteiger partial charge on any atom is 0.258 e. The number of benzene rings is 1. The first-order valence-corrected chi connectivity index (χ1v) is 11.3. The minimum atomic E-state index is -0.0518. The summed E-state index contributed by atoms with van der Waals surface area (Å²) in [6.45, 7) is 8.39. The number of ether oxygens (including phenoxy) is 1. The Bertz CT molecular complexity index is 846. The Kier molecular flexibility index (Phi) is 10.5. The quantitative estimate of drug-likeness (QED) is 0.237. The number of nitrogens with zero attached hydrogens (tertiary/aromatic N) is 2. The number of carbonyl (C=O) groups is 1. The van der Waals surface area contributed by atoms with Crippen molar-refractivity contribution in [2.75, 3.05) is 19.7 Å². The van der Waals surface area contributed by atoms with Crippen LogP contribution in [0.2, 0.25) is 0 Å². The summed E-state index contributed by atoms with van der Waals surface area (Å²) in [6.07, 6.45) is 3.03. The average Bonchev–Trinajstić information content (AvgIpc) is 3.48. The Morgan fingerprint density at radius 2 is 1.97 bits per heavy atom. The van der Waals surface area contributed by atoms with E-state index < -0.39 is 0 Å². The number of aryl methyl sites for hydroxylation is 2. The lowest BCUT2D eigenvalue weighted by molar-refractivity contribution is -0.123. The summed E-state index contributed by atoms with van der Waals surface area (Å²) in [7, 11) is 0. The SMILES string of the molecule is CCNC(=NCc1nc(C)c(C)s1)NCCc1ccc(OCC(=O)NC2CC2)cc1.I. The van der Waals surface area contributed by atoms with Gasteiger partial charge >= 0.3 is 0 Å². The van der Waals surface area contributed by atoms with Gasteiger partial charge in [-0.1, -0.05) is 12.1 Å². The number of halogens is 1. The van der Waals surface area contributed by atoms with E-state index in [2.05, 4.69) is 39.8 Å². The number of aliphatic imine (C=N–C) groups is 1. The standard InChI is InChI=1S/C22H31N5O2S.HI/c1-4-23-22(25-13-21-26-15(2)16(3)30-21)24-12-11-17-5-9-19(10-6-17)29-14-20(28)27-18-7-8-18;/h5-6,9-10,18H,4,7-8,11-14H2,1-3H3,(H,27,28)(H2,23,24,25);1H. The Morgan fingerprint density at radius 3 is 2.58 bits per heavy atom. The van der Waals surface area contributed by atoms with Gasteiger partial charge in [0.1, 0.15) is 10.8 Å². The van der Waals surface area contributed by atoms with Crippen LogP contribution in [0.15, 0.2) is 29.3 Å². The molecule has 0 saturated heterocycles. The van der Waals surface area contributed by atoms with Gasteiger partial charge in [0.05, 0.1) is 12.2 Å². The first kappa shape index (κ1) is 25.4. The average molecular weight is 558 g/mol. The lowest BCUT2D eigenvalue weighted by atomic mass is 10.1. The minimum absolute atomic E-state index is 0. The van der Waals surface area contributed by atoms with Crippen molar-refractivity contribution < 1.29 is 9.53 Å². The summed E-state index contributed by atoms with van der Waals surface area (Å²) >= 11 is 1.70. The third-order valence-corrected chi connectivity index (χ3v) is 5.79. The summed E-state index contributed by atoms with van der Waals surface area (Å²) in [5.74, 6) is 1.45. The molecule has 1 aliphatic rings. The van der Waals surface area contributed by atoms with Gasteiger partial charge in [-0.15, -0.1) is 35.3 Å². The first-order valence-electron chi connectivity index (χ1n) is 10.5. The van der Waals surface area contributed by atoms with Gasteiger partial charge in [-0.2, -0.15) is 0 Å². The van der Waals surface area contributed by atoms with Crippen molar-refractivity contribution in [2.24, 2.45) is 4.99 Å². The molecule has 7 nitrogen and oxygen atoms in total. The van der Waals surface area contributed by atoms with E-state index in [-0.39, 0.29) is 36.5 Å². The molecule has 31 heavy (non-hydrogen) atoms. The van der Waals surface area contributed by atoms with Crippen molar-refractivity contribution in [3.63, 3.8) is 0 Å². The zero-order valence-electron chi connectivity index (χ0n) is 18.4. The summed E-state index contributed by atoms with van der Waals surface area (Å²) in [6, 6.07) is 8.24. The smallest absolute Gasteiger partial charge is 0.258 e. The molecule has 1 aromatic heterocycles. The van der Waals surface area contributed by atoms with Crippen LogP contribution in [-0.2, 0) is 17.8 Å². The van der Waals surface area contributed by atoms with Gasteiger partial charge in [0.25, 0.3) is 5.91 Å². The molecule has 1 aromatic carbocycles. The van der Waals surface area contributed by atoms with Crippen LogP contribution in [0.3, 0.4) is 0 Å². The van der Waals surface area contributed by atoms with Crippen molar-refractivity contribution >= 4 is 47.2 Å². The Balaban J connectivity index is 0.00000341. The van der Waals surface area contributed by atoms with Crippen molar-refractivity contribution in [2.45, 2.75) is 52.6 Å². The van der Waals surface area contributed by atoms with Gasteiger partial charge in [-0.05, 0) is 57.7 Å². The molecule has 0 aliphatic heterocycles. The highest BCUT2D eigenvalue weighted by Crippen LogP contribution is 2.19. The maximum absolute atomic E-state index is 11.7. The maximum atomic E-state index is 11.7. The third-order valence-electron chi connectivity index (χ3n) is 4.73. The highest BCUT2D eigenvalue weighted by atomic mass is 127. The second kappa shape index (κ2) is 12.8. The predicted molar refractivity (Wildman–Crippen MR) is 137 cm³/mol. The van der Waals surface area contributed by atoms with Gasteiger partial charge < -0.3 is 20.7 Å². The molecule has 0 radical (unpaired) electrons. The van der Waals surface area contributed by atoms with Crippen LogP contribution in [0.1, 0.15) is 40.9 Å². The van der Waals surface area contributed by atoms with Crippen molar-refractivity contribution in [3.8, 4) is 5.75 Å². The van der Waals surface area contributed by atoms with Crippen LogP contribution in [0, 0.1) is 13.8 Å². The second-order valence-corrected chi connectivity index (χ2v) is 8.68. The molecule has 1 saturated carbocycles. The van der Waals surface area contributed by atoms with Crippen molar-refractivity contribution in [1.82, 2.24) is 20.9 Å². The molecule has 1 amide bonds. The Hall–Kier alpha value is -1.88. The van der Waals surface area contributed by atoms with E-state index in [0.717, 1.165) is 49.0 Å².